The second kappa shape index (κ2) is 4.73. The van der Waals surface area contributed by atoms with Crippen LogP contribution >= 0.6 is 0 Å². The monoisotopic (exact) mass is 286 g/mol. The second-order valence-corrected chi connectivity index (χ2v) is 5.97. The van der Waals surface area contributed by atoms with Crippen LogP contribution in [0.4, 0.5) is 0 Å². The van der Waals surface area contributed by atoms with Gasteiger partial charge in [-0.1, -0.05) is 43.3 Å². The number of hydrogen-bond donors (Lipinski definition) is 0. The molecule has 2 rings (SSSR count). The molecule has 1 atom stereocenters. The van der Waals surface area contributed by atoms with Gasteiger partial charge in [0.05, 0.1) is 24.3 Å². The van der Waals surface area contributed by atoms with Crippen LogP contribution in [0.3, 0.4) is 0 Å². The standard InChI is InChI=1S/C18H14N4/c1-13(2)14-4-6-15(7-5-14)16(3)8-17(9-19,10-20)18(16,11-21)12-22/h4-7H,1,8H2,2-3H3. The Hall–Kier alpha value is -3.08. The lowest BCUT2D eigenvalue weighted by Crippen LogP contribution is -2.64. The van der Waals surface area contributed by atoms with Gasteiger partial charge >= 0.3 is 0 Å². The Bertz CT molecular complexity index is 777. The first-order chi connectivity index (χ1) is 10.4. The maximum absolute atomic E-state index is 9.59. The van der Waals surface area contributed by atoms with Crippen molar-refractivity contribution in [3.63, 3.8) is 0 Å². The van der Waals surface area contributed by atoms with Crippen molar-refractivity contribution in [2.75, 3.05) is 0 Å². The molecule has 1 aliphatic carbocycles. The number of allylic oxidation sites excluding steroid dienone is 1. The van der Waals surface area contributed by atoms with Crippen molar-refractivity contribution in [1.29, 1.82) is 21.0 Å². The predicted molar refractivity (Wildman–Crippen MR) is 80.4 cm³/mol. The minimum atomic E-state index is -1.67. The van der Waals surface area contributed by atoms with E-state index in [1.54, 1.807) is 6.92 Å². The summed E-state index contributed by atoms with van der Waals surface area (Å²) in [4.78, 5) is 0. The van der Waals surface area contributed by atoms with Gasteiger partial charge < -0.3 is 0 Å². The summed E-state index contributed by atoms with van der Waals surface area (Å²) in [5, 5.41) is 37.9. The molecule has 0 aliphatic heterocycles. The highest BCUT2D eigenvalue weighted by atomic mass is 14.7. The van der Waals surface area contributed by atoms with E-state index in [1.165, 1.54) is 0 Å². The second-order valence-electron chi connectivity index (χ2n) is 5.97. The van der Waals surface area contributed by atoms with Crippen LogP contribution in [0.2, 0.25) is 0 Å². The number of nitriles is 4. The number of nitrogens with zero attached hydrogens (tertiary/aromatic N) is 4. The van der Waals surface area contributed by atoms with Gasteiger partial charge in [0.25, 0.3) is 0 Å². The molecule has 0 saturated heterocycles. The smallest absolute Gasteiger partial charge is 0.184 e. The largest absolute Gasteiger partial charge is 0.196 e. The van der Waals surface area contributed by atoms with Crippen LogP contribution in [0.15, 0.2) is 30.8 Å². The molecule has 1 fully saturated rings. The molecule has 0 aromatic heterocycles. The average molecular weight is 286 g/mol. The topological polar surface area (TPSA) is 95.2 Å². The lowest BCUT2D eigenvalue weighted by atomic mass is 9.37. The van der Waals surface area contributed by atoms with Crippen LogP contribution in [-0.4, -0.2) is 0 Å². The Morgan fingerprint density at radius 2 is 1.50 bits per heavy atom. The van der Waals surface area contributed by atoms with Crippen molar-refractivity contribution < 1.29 is 0 Å². The van der Waals surface area contributed by atoms with E-state index in [0.717, 1.165) is 16.7 Å². The number of hydrogen-bond acceptors (Lipinski definition) is 4. The zero-order valence-electron chi connectivity index (χ0n) is 12.5. The first-order valence-corrected chi connectivity index (χ1v) is 6.78. The van der Waals surface area contributed by atoms with E-state index in [2.05, 4.69) is 6.58 Å². The highest BCUT2D eigenvalue weighted by Crippen LogP contribution is 2.67. The minimum absolute atomic E-state index is 0.167. The van der Waals surface area contributed by atoms with Crippen molar-refractivity contribution >= 4 is 5.57 Å². The molecular weight excluding hydrogens is 272 g/mol. The summed E-state index contributed by atoms with van der Waals surface area (Å²) in [5.41, 5.74) is -1.44. The maximum Gasteiger partial charge on any atom is 0.184 e. The van der Waals surface area contributed by atoms with Gasteiger partial charge in [-0.3, -0.25) is 0 Å². The number of rotatable bonds is 2. The third-order valence-electron chi connectivity index (χ3n) is 4.82. The molecule has 1 aliphatic rings. The molecule has 0 radical (unpaired) electrons. The molecule has 1 aromatic carbocycles. The van der Waals surface area contributed by atoms with E-state index in [9.17, 15) is 21.0 Å². The fourth-order valence-electron chi connectivity index (χ4n) is 3.34. The van der Waals surface area contributed by atoms with Gasteiger partial charge in [-0.15, -0.1) is 0 Å². The zero-order valence-corrected chi connectivity index (χ0v) is 12.5. The summed E-state index contributed by atoms with van der Waals surface area (Å²) in [7, 11) is 0. The van der Waals surface area contributed by atoms with Crippen LogP contribution < -0.4 is 0 Å². The van der Waals surface area contributed by atoms with Crippen molar-refractivity contribution in [1.82, 2.24) is 0 Å². The Morgan fingerprint density at radius 3 is 1.86 bits per heavy atom. The molecule has 1 saturated carbocycles. The van der Waals surface area contributed by atoms with E-state index >= 15 is 0 Å². The Balaban J connectivity index is 2.60. The summed E-state index contributed by atoms with van der Waals surface area (Å²) < 4.78 is 0. The highest BCUT2D eigenvalue weighted by Gasteiger charge is 2.76. The number of benzene rings is 1. The van der Waals surface area contributed by atoms with Crippen molar-refractivity contribution in [2.24, 2.45) is 10.8 Å². The maximum atomic E-state index is 9.59. The molecular formula is C18H14N4. The average Bonchev–Trinajstić information content (AvgIpc) is 2.53. The molecule has 106 valence electrons. The highest BCUT2D eigenvalue weighted by molar-refractivity contribution is 5.62. The van der Waals surface area contributed by atoms with Gasteiger partial charge in [0, 0.05) is 5.41 Å². The van der Waals surface area contributed by atoms with Crippen LogP contribution in [0, 0.1) is 56.2 Å². The van der Waals surface area contributed by atoms with Crippen molar-refractivity contribution in [3.8, 4) is 24.3 Å². The van der Waals surface area contributed by atoms with Crippen molar-refractivity contribution in [3.05, 3.63) is 42.0 Å². The van der Waals surface area contributed by atoms with Gasteiger partial charge in [0.1, 0.15) is 0 Å². The summed E-state index contributed by atoms with van der Waals surface area (Å²) in [5.74, 6) is 0. The van der Waals surface area contributed by atoms with E-state index in [-0.39, 0.29) is 6.42 Å². The minimum Gasteiger partial charge on any atom is -0.196 e. The predicted octanol–water partition coefficient (Wildman–Crippen LogP) is 3.45. The Morgan fingerprint density at radius 1 is 1.00 bits per heavy atom. The quantitative estimate of drug-likeness (QED) is 0.831. The first-order valence-electron chi connectivity index (χ1n) is 6.78. The first kappa shape index (κ1) is 15.3. The molecule has 0 heterocycles. The summed E-state index contributed by atoms with van der Waals surface area (Å²) in [6, 6.07) is 15.1. The van der Waals surface area contributed by atoms with Crippen LogP contribution in [0.5, 0.6) is 0 Å². The fraction of sp³-hybridized carbons (Fsp3) is 0.333. The SMILES string of the molecule is C=C(C)c1ccc(C2(C)CC(C#N)(C#N)C2(C#N)C#N)cc1. The van der Waals surface area contributed by atoms with Gasteiger partial charge in [-0.2, -0.15) is 21.0 Å². The van der Waals surface area contributed by atoms with Crippen LogP contribution in [0.25, 0.3) is 5.57 Å². The van der Waals surface area contributed by atoms with Crippen LogP contribution in [0.1, 0.15) is 31.4 Å². The van der Waals surface area contributed by atoms with Gasteiger partial charge in [0.2, 0.25) is 0 Å². The van der Waals surface area contributed by atoms with E-state index < -0.39 is 16.2 Å². The fourth-order valence-corrected chi connectivity index (χ4v) is 3.34. The van der Waals surface area contributed by atoms with Crippen molar-refractivity contribution in [2.45, 2.75) is 25.7 Å². The van der Waals surface area contributed by atoms with E-state index in [0.29, 0.717) is 0 Å². The molecule has 1 unspecified atom stereocenters. The van der Waals surface area contributed by atoms with Gasteiger partial charge in [-0.25, -0.2) is 0 Å². The normalized spacial score (nSPS) is 23.7. The molecule has 0 N–H and O–H groups in total. The van der Waals surface area contributed by atoms with E-state index in [1.807, 2.05) is 55.5 Å². The molecule has 0 spiro atoms. The summed E-state index contributed by atoms with van der Waals surface area (Å²) in [6.07, 6.45) is 0.167. The summed E-state index contributed by atoms with van der Waals surface area (Å²) >= 11 is 0. The third kappa shape index (κ3) is 1.53. The lowest BCUT2D eigenvalue weighted by Gasteiger charge is -2.57. The molecule has 4 nitrogen and oxygen atoms in total. The van der Waals surface area contributed by atoms with Crippen LogP contribution in [-0.2, 0) is 5.41 Å². The Labute approximate surface area is 130 Å². The third-order valence-corrected chi connectivity index (χ3v) is 4.82. The molecule has 1 aromatic rings. The molecule has 0 amide bonds. The van der Waals surface area contributed by atoms with Gasteiger partial charge in [0.15, 0.2) is 10.8 Å². The zero-order chi connectivity index (χ0) is 16.6. The molecule has 0 bridgehead atoms. The summed E-state index contributed by atoms with van der Waals surface area (Å²) in [6.45, 7) is 7.53. The lowest BCUT2D eigenvalue weighted by molar-refractivity contribution is 0.00866. The van der Waals surface area contributed by atoms with E-state index in [4.69, 9.17) is 0 Å². The Kier molecular flexibility index (Phi) is 3.29. The van der Waals surface area contributed by atoms with Gasteiger partial charge in [-0.05, 0) is 24.5 Å². The molecule has 22 heavy (non-hydrogen) atoms. The molecule has 4 heteroatoms.